The second-order valence-electron chi connectivity index (χ2n) is 6.17. The number of rotatable bonds is 5. The molecule has 3 rings (SSSR count). The Morgan fingerprint density at radius 3 is 2.17 bits per heavy atom. The largest absolute Gasteiger partial charge is 0.481 e. The molecule has 0 heterocycles. The molecule has 0 unspecified atom stereocenters. The molecule has 1 aliphatic carbocycles. The maximum Gasteiger partial charge on any atom is 0.314 e. The van der Waals surface area contributed by atoms with Crippen LogP contribution < -0.4 is 0 Å². The van der Waals surface area contributed by atoms with Crippen LogP contribution in [0.4, 0.5) is 0 Å². The Balaban J connectivity index is 2.11. The molecule has 6 heteroatoms. The summed E-state index contributed by atoms with van der Waals surface area (Å²) in [4.78, 5) is 11.9. The van der Waals surface area contributed by atoms with Gasteiger partial charge < -0.3 is 10.2 Å². The van der Waals surface area contributed by atoms with Crippen LogP contribution in [0, 0.1) is 12.3 Å². The number of sulfone groups is 1. The summed E-state index contributed by atoms with van der Waals surface area (Å²) in [6.45, 7) is 1.17. The lowest BCUT2D eigenvalue weighted by molar-refractivity contribution is -0.145. The number of carboxylic acids is 1. The van der Waals surface area contributed by atoms with Crippen molar-refractivity contribution in [2.75, 3.05) is 6.61 Å². The highest BCUT2D eigenvalue weighted by molar-refractivity contribution is 7.92. The number of hydrogen-bond acceptors (Lipinski definition) is 4. The average Bonchev–Trinajstić information content (AvgIpc) is 3.28. The Hall–Kier alpha value is -2.18. The summed E-state index contributed by atoms with van der Waals surface area (Å²) in [5, 5.41) is 18.2. The molecule has 0 amide bonds. The fourth-order valence-corrected chi connectivity index (χ4v) is 5.76. The summed E-state index contributed by atoms with van der Waals surface area (Å²) in [6.07, 6.45) is 0. The van der Waals surface area contributed by atoms with Crippen LogP contribution in [0.1, 0.15) is 17.0 Å². The predicted molar refractivity (Wildman–Crippen MR) is 88.5 cm³/mol. The Bertz CT molecular complexity index is 858. The monoisotopic (exact) mass is 346 g/mol. The second-order valence-corrected chi connectivity index (χ2v) is 8.24. The molecule has 3 atom stereocenters. The first-order chi connectivity index (χ1) is 11.4. The number of aryl methyl sites for hydroxylation is 1. The molecule has 0 aliphatic heterocycles. The van der Waals surface area contributed by atoms with Gasteiger partial charge in [0.15, 0.2) is 9.84 Å². The number of carboxylic acid groups (broad SMARTS) is 1. The molecule has 1 saturated carbocycles. The Morgan fingerprint density at radius 2 is 1.67 bits per heavy atom. The van der Waals surface area contributed by atoms with E-state index in [0.717, 1.165) is 5.56 Å². The molecule has 1 fully saturated rings. The smallest absolute Gasteiger partial charge is 0.314 e. The van der Waals surface area contributed by atoms with Crippen molar-refractivity contribution in [2.45, 2.75) is 23.0 Å². The van der Waals surface area contributed by atoms with Gasteiger partial charge in [-0.3, -0.25) is 4.79 Å². The lowest BCUT2D eigenvalue weighted by Crippen LogP contribution is -2.27. The van der Waals surface area contributed by atoms with Crippen LogP contribution >= 0.6 is 0 Å². The van der Waals surface area contributed by atoms with Gasteiger partial charge in [-0.1, -0.05) is 48.0 Å². The Labute approximate surface area is 140 Å². The normalized spacial score (nSPS) is 26.1. The van der Waals surface area contributed by atoms with Gasteiger partial charge in [-0.2, -0.15) is 0 Å². The van der Waals surface area contributed by atoms with Gasteiger partial charge in [-0.05, 0) is 24.6 Å². The number of aliphatic carboxylic acids is 1. The lowest BCUT2D eigenvalue weighted by Gasteiger charge is -2.09. The first-order valence-corrected chi connectivity index (χ1v) is 9.10. The van der Waals surface area contributed by atoms with Crippen LogP contribution in [0.25, 0.3) is 0 Å². The van der Waals surface area contributed by atoms with Gasteiger partial charge >= 0.3 is 5.97 Å². The van der Waals surface area contributed by atoms with Crippen molar-refractivity contribution in [3.8, 4) is 0 Å². The summed E-state index contributed by atoms with van der Waals surface area (Å²) in [7, 11) is -3.88. The van der Waals surface area contributed by atoms with E-state index < -0.39 is 39.0 Å². The van der Waals surface area contributed by atoms with Crippen molar-refractivity contribution < 1.29 is 23.4 Å². The molecule has 0 aromatic heterocycles. The summed E-state index contributed by atoms with van der Waals surface area (Å²) < 4.78 is 25.9. The fourth-order valence-electron chi connectivity index (χ4n) is 3.37. The molecule has 126 valence electrons. The molecule has 0 spiro atoms. The van der Waals surface area contributed by atoms with E-state index >= 15 is 0 Å². The van der Waals surface area contributed by atoms with E-state index in [9.17, 15) is 23.4 Å². The Kier molecular flexibility index (Phi) is 3.97. The third kappa shape index (κ3) is 2.34. The minimum absolute atomic E-state index is 0.0729. The molecule has 0 bridgehead atoms. The highest BCUT2D eigenvalue weighted by Crippen LogP contribution is 2.64. The van der Waals surface area contributed by atoms with Gasteiger partial charge in [0.25, 0.3) is 0 Å². The number of aliphatic hydroxyl groups is 1. The van der Waals surface area contributed by atoms with E-state index in [-0.39, 0.29) is 4.90 Å². The average molecular weight is 346 g/mol. The zero-order valence-corrected chi connectivity index (χ0v) is 13.9. The van der Waals surface area contributed by atoms with Crippen molar-refractivity contribution >= 4 is 15.8 Å². The van der Waals surface area contributed by atoms with Gasteiger partial charge in [0.1, 0.15) is 5.41 Å². The molecule has 2 aromatic carbocycles. The van der Waals surface area contributed by atoms with Crippen LogP contribution in [-0.4, -0.2) is 36.5 Å². The maximum atomic E-state index is 12.9. The van der Waals surface area contributed by atoms with E-state index in [0.29, 0.717) is 5.56 Å². The van der Waals surface area contributed by atoms with E-state index in [4.69, 9.17) is 0 Å². The van der Waals surface area contributed by atoms with Gasteiger partial charge in [-0.15, -0.1) is 0 Å². The number of aliphatic hydroxyl groups excluding tert-OH is 1. The number of benzene rings is 2. The molecule has 2 aromatic rings. The van der Waals surface area contributed by atoms with Crippen LogP contribution in [-0.2, 0) is 14.6 Å². The van der Waals surface area contributed by atoms with Gasteiger partial charge in [-0.25, -0.2) is 8.42 Å². The van der Waals surface area contributed by atoms with Crippen LogP contribution in [0.2, 0.25) is 0 Å². The number of hydrogen-bond donors (Lipinski definition) is 2. The second kappa shape index (κ2) is 5.72. The zero-order valence-electron chi connectivity index (χ0n) is 13.1. The first-order valence-electron chi connectivity index (χ1n) is 7.55. The molecular formula is C18H18O5S. The minimum atomic E-state index is -3.88. The summed E-state index contributed by atoms with van der Waals surface area (Å²) in [5.41, 5.74) is -0.0995. The fraction of sp³-hybridized carbons (Fsp3) is 0.278. The molecular weight excluding hydrogens is 328 g/mol. The van der Waals surface area contributed by atoms with Crippen molar-refractivity contribution in [3.63, 3.8) is 0 Å². The minimum Gasteiger partial charge on any atom is -0.481 e. The Morgan fingerprint density at radius 1 is 1.08 bits per heavy atom. The third-order valence-electron chi connectivity index (χ3n) is 4.76. The summed E-state index contributed by atoms with van der Waals surface area (Å²) in [6, 6.07) is 14.9. The van der Waals surface area contributed by atoms with Crippen molar-refractivity contribution in [2.24, 2.45) is 5.41 Å². The first kappa shape index (κ1) is 16.7. The highest BCUT2D eigenvalue weighted by Gasteiger charge is 2.75. The molecule has 2 N–H and O–H groups in total. The standard InChI is InChI=1S/C18H18O5S/c1-12-7-9-13(10-8-12)15-16(18(15,11-19)17(20)21)24(22,23)14-5-3-2-4-6-14/h2-10,15-16,19H,11H2,1H3,(H,20,21)/t15-,16+,18-/m1/s1. The van der Waals surface area contributed by atoms with Gasteiger partial charge in [0.05, 0.1) is 16.8 Å². The highest BCUT2D eigenvalue weighted by atomic mass is 32.2. The molecule has 24 heavy (non-hydrogen) atoms. The summed E-state index contributed by atoms with van der Waals surface area (Å²) in [5.74, 6) is -2.06. The SMILES string of the molecule is Cc1ccc([C@@H]2[C@H](S(=O)(=O)c3ccccc3)[C@]2(CO)C(=O)O)cc1. The molecule has 5 nitrogen and oxygen atoms in total. The molecule has 0 radical (unpaired) electrons. The number of carbonyl (C=O) groups is 1. The lowest BCUT2D eigenvalue weighted by atomic mass is 9.99. The van der Waals surface area contributed by atoms with E-state index in [1.165, 1.54) is 12.1 Å². The van der Waals surface area contributed by atoms with Crippen molar-refractivity contribution in [1.29, 1.82) is 0 Å². The van der Waals surface area contributed by atoms with Crippen LogP contribution in [0.5, 0.6) is 0 Å². The van der Waals surface area contributed by atoms with E-state index in [2.05, 4.69) is 0 Å². The summed E-state index contributed by atoms with van der Waals surface area (Å²) >= 11 is 0. The quantitative estimate of drug-likeness (QED) is 0.864. The van der Waals surface area contributed by atoms with Crippen molar-refractivity contribution in [1.82, 2.24) is 0 Å². The third-order valence-corrected chi connectivity index (χ3v) is 7.05. The van der Waals surface area contributed by atoms with E-state index in [1.54, 1.807) is 30.3 Å². The predicted octanol–water partition coefficient (Wildman–Crippen LogP) is 2.00. The van der Waals surface area contributed by atoms with Crippen LogP contribution in [0.15, 0.2) is 59.5 Å². The van der Waals surface area contributed by atoms with Gasteiger partial charge in [0.2, 0.25) is 0 Å². The van der Waals surface area contributed by atoms with Crippen LogP contribution in [0.3, 0.4) is 0 Å². The van der Waals surface area contributed by atoms with Gasteiger partial charge in [0, 0.05) is 5.92 Å². The maximum absolute atomic E-state index is 12.9. The van der Waals surface area contributed by atoms with Crippen molar-refractivity contribution in [3.05, 3.63) is 65.7 Å². The topological polar surface area (TPSA) is 91.7 Å². The molecule has 1 aliphatic rings. The van der Waals surface area contributed by atoms with E-state index in [1.807, 2.05) is 19.1 Å². The zero-order chi connectivity index (χ0) is 17.5. The molecule has 0 saturated heterocycles.